The number of hydrogen-bond acceptors (Lipinski definition) is 1. The van der Waals surface area contributed by atoms with Crippen LogP contribution in [0.2, 0.25) is 0 Å². The van der Waals surface area contributed by atoms with E-state index in [1.807, 2.05) is 0 Å². The Morgan fingerprint density at radius 2 is 1.82 bits per heavy atom. The predicted molar refractivity (Wildman–Crippen MR) is 44.3 cm³/mol. The van der Waals surface area contributed by atoms with E-state index in [1.165, 1.54) is 51.2 Å². The van der Waals surface area contributed by atoms with Gasteiger partial charge in [-0.05, 0) is 25.2 Å². The molecule has 2 saturated carbocycles. The molecular weight excluding hydrogens is 136 g/mol. The summed E-state index contributed by atoms with van der Waals surface area (Å²) in [6.45, 7) is 0. The maximum absolute atomic E-state index is 10.9. The Morgan fingerprint density at radius 1 is 1.18 bits per heavy atom. The van der Waals surface area contributed by atoms with Crippen LogP contribution in [0, 0.1) is 11.3 Å². The van der Waals surface area contributed by atoms with Gasteiger partial charge in [0.2, 0.25) is 0 Å². The van der Waals surface area contributed by atoms with Crippen molar-refractivity contribution in [2.24, 2.45) is 11.3 Å². The molecule has 2 aliphatic rings. The van der Waals surface area contributed by atoms with Crippen molar-refractivity contribution in [2.45, 2.75) is 44.9 Å². The summed E-state index contributed by atoms with van der Waals surface area (Å²) in [6, 6.07) is 0. The van der Waals surface area contributed by atoms with Crippen molar-refractivity contribution in [1.82, 2.24) is 0 Å². The lowest BCUT2D eigenvalue weighted by Gasteiger charge is -2.41. The van der Waals surface area contributed by atoms with Crippen molar-refractivity contribution < 1.29 is 4.79 Å². The lowest BCUT2D eigenvalue weighted by molar-refractivity contribution is -0.120. The molecule has 2 fully saturated rings. The molecule has 2 rings (SSSR count). The fraction of sp³-hybridized carbons (Fsp3) is 0.900. The first-order valence-corrected chi connectivity index (χ1v) is 4.81. The summed E-state index contributed by atoms with van der Waals surface area (Å²) in [4.78, 5) is 10.9. The fourth-order valence-corrected chi connectivity index (χ4v) is 2.90. The predicted octanol–water partition coefficient (Wildman–Crippen LogP) is 2.55. The molecule has 2 aliphatic carbocycles. The van der Waals surface area contributed by atoms with E-state index in [2.05, 4.69) is 0 Å². The molecule has 0 heterocycles. The fourth-order valence-electron chi connectivity index (χ4n) is 2.90. The third-order valence-corrected chi connectivity index (χ3v) is 3.52. The second-order valence-electron chi connectivity index (χ2n) is 4.33. The Balaban J connectivity index is 2.13. The number of fused-ring (bicyclic) bond motifs is 2. The maximum atomic E-state index is 10.9. The lowest BCUT2D eigenvalue weighted by atomic mass is 9.63. The molecule has 1 heteroatoms. The number of carbonyl (C=O) groups excluding carboxylic acids is 1. The minimum absolute atomic E-state index is 0.140. The highest BCUT2D eigenvalue weighted by molar-refractivity contribution is 5.59. The van der Waals surface area contributed by atoms with E-state index in [9.17, 15) is 4.79 Å². The standard InChI is InChI=1S/C10H16O/c11-8-10-5-1-3-9(7-10)4-2-6-10/h8-9H,1-7H2. The van der Waals surface area contributed by atoms with Gasteiger partial charge in [-0.25, -0.2) is 0 Å². The second kappa shape index (κ2) is 2.62. The normalized spacial score (nSPS) is 43.5. The zero-order valence-corrected chi connectivity index (χ0v) is 7.01. The molecule has 0 atom stereocenters. The topological polar surface area (TPSA) is 17.1 Å². The van der Waals surface area contributed by atoms with Crippen LogP contribution < -0.4 is 0 Å². The molecular formula is C10H16O. The van der Waals surface area contributed by atoms with Crippen LogP contribution in [0.25, 0.3) is 0 Å². The van der Waals surface area contributed by atoms with E-state index in [0.29, 0.717) is 0 Å². The largest absolute Gasteiger partial charge is 0.303 e. The summed E-state index contributed by atoms with van der Waals surface area (Å²) in [5.74, 6) is 0.891. The summed E-state index contributed by atoms with van der Waals surface area (Å²) in [7, 11) is 0. The van der Waals surface area contributed by atoms with Gasteiger partial charge in [-0.3, -0.25) is 0 Å². The first-order valence-electron chi connectivity index (χ1n) is 4.81. The Hall–Kier alpha value is -0.330. The molecule has 0 aromatic rings. The Labute approximate surface area is 68.2 Å². The molecule has 2 bridgehead atoms. The van der Waals surface area contributed by atoms with E-state index in [1.54, 1.807) is 0 Å². The third kappa shape index (κ3) is 1.21. The zero-order valence-electron chi connectivity index (χ0n) is 7.01. The number of aldehydes is 1. The molecule has 11 heavy (non-hydrogen) atoms. The van der Waals surface area contributed by atoms with Crippen molar-refractivity contribution >= 4 is 6.29 Å². The maximum Gasteiger partial charge on any atom is 0.126 e. The quantitative estimate of drug-likeness (QED) is 0.528. The molecule has 0 amide bonds. The number of rotatable bonds is 1. The highest BCUT2D eigenvalue weighted by atomic mass is 16.1. The lowest BCUT2D eigenvalue weighted by Crippen LogP contribution is -2.33. The van der Waals surface area contributed by atoms with E-state index in [0.717, 1.165) is 5.92 Å². The van der Waals surface area contributed by atoms with Crippen molar-refractivity contribution in [3.8, 4) is 0 Å². The number of hydrogen-bond donors (Lipinski definition) is 0. The van der Waals surface area contributed by atoms with Crippen LogP contribution >= 0.6 is 0 Å². The Bertz CT molecular complexity index is 152. The van der Waals surface area contributed by atoms with Crippen LogP contribution in [0.15, 0.2) is 0 Å². The first-order chi connectivity index (χ1) is 5.35. The van der Waals surface area contributed by atoms with Crippen molar-refractivity contribution in [3.05, 3.63) is 0 Å². The molecule has 62 valence electrons. The first kappa shape index (κ1) is 7.33. The van der Waals surface area contributed by atoms with Gasteiger partial charge in [0, 0.05) is 5.41 Å². The summed E-state index contributed by atoms with van der Waals surface area (Å²) in [6.07, 6.45) is 10.2. The van der Waals surface area contributed by atoms with Crippen LogP contribution in [0.4, 0.5) is 0 Å². The molecule has 0 N–H and O–H groups in total. The van der Waals surface area contributed by atoms with Crippen molar-refractivity contribution in [2.75, 3.05) is 0 Å². The number of carbonyl (C=O) groups is 1. The zero-order chi connectivity index (χ0) is 7.73. The Kier molecular flexibility index (Phi) is 1.74. The van der Waals surface area contributed by atoms with E-state index >= 15 is 0 Å². The average Bonchev–Trinajstić information content (AvgIpc) is 2.05. The molecule has 1 nitrogen and oxygen atoms in total. The van der Waals surface area contributed by atoms with Crippen LogP contribution in [-0.2, 0) is 4.79 Å². The monoisotopic (exact) mass is 152 g/mol. The molecule has 0 radical (unpaired) electrons. The molecule has 0 aliphatic heterocycles. The minimum atomic E-state index is 0.140. The SMILES string of the molecule is O=CC12CCCC(CCC1)C2. The van der Waals surface area contributed by atoms with Gasteiger partial charge in [0.25, 0.3) is 0 Å². The molecule has 0 unspecified atom stereocenters. The molecule has 0 spiro atoms. The van der Waals surface area contributed by atoms with Crippen molar-refractivity contribution in [3.63, 3.8) is 0 Å². The van der Waals surface area contributed by atoms with Gasteiger partial charge >= 0.3 is 0 Å². The van der Waals surface area contributed by atoms with Gasteiger partial charge in [-0.2, -0.15) is 0 Å². The van der Waals surface area contributed by atoms with Gasteiger partial charge in [0.15, 0.2) is 0 Å². The average molecular weight is 152 g/mol. The van der Waals surface area contributed by atoms with Gasteiger partial charge in [0.1, 0.15) is 6.29 Å². The van der Waals surface area contributed by atoms with Gasteiger partial charge in [-0.15, -0.1) is 0 Å². The summed E-state index contributed by atoms with van der Waals surface area (Å²) in [5.41, 5.74) is 0.140. The summed E-state index contributed by atoms with van der Waals surface area (Å²) >= 11 is 0. The molecule has 0 aromatic heterocycles. The molecule has 0 saturated heterocycles. The van der Waals surface area contributed by atoms with E-state index in [4.69, 9.17) is 0 Å². The summed E-state index contributed by atoms with van der Waals surface area (Å²) in [5, 5.41) is 0. The van der Waals surface area contributed by atoms with Crippen LogP contribution in [-0.4, -0.2) is 6.29 Å². The summed E-state index contributed by atoms with van der Waals surface area (Å²) < 4.78 is 0. The molecule has 0 aromatic carbocycles. The van der Waals surface area contributed by atoms with Crippen LogP contribution in [0.5, 0.6) is 0 Å². The third-order valence-electron chi connectivity index (χ3n) is 3.52. The van der Waals surface area contributed by atoms with Crippen LogP contribution in [0.1, 0.15) is 44.9 Å². The van der Waals surface area contributed by atoms with Crippen molar-refractivity contribution in [1.29, 1.82) is 0 Å². The highest BCUT2D eigenvalue weighted by Gasteiger charge is 2.38. The Morgan fingerprint density at radius 3 is 2.27 bits per heavy atom. The van der Waals surface area contributed by atoms with Crippen LogP contribution in [0.3, 0.4) is 0 Å². The smallest absolute Gasteiger partial charge is 0.126 e. The second-order valence-corrected chi connectivity index (χ2v) is 4.33. The minimum Gasteiger partial charge on any atom is -0.303 e. The van der Waals surface area contributed by atoms with E-state index in [-0.39, 0.29) is 5.41 Å². The van der Waals surface area contributed by atoms with Gasteiger partial charge < -0.3 is 4.79 Å². The van der Waals surface area contributed by atoms with Gasteiger partial charge in [-0.1, -0.05) is 25.7 Å². The van der Waals surface area contributed by atoms with E-state index < -0.39 is 0 Å². The van der Waals surface area contributed by atoms with Gasteiger partial charge in [0.05, 0.1) is 0 Å². The highest BCUT2D eigenvalue weighted by Crippen LogP contribution is 2.47.